The van der Waals surface area contributed by atoms with Crippen molar-refractivity contribution in [3.63, 3.8) is 0 Å². The predicted octanol–water partition coefficient (Wildman–Crippen LogP) is 2.61. The number of unbranched alkanes of at least 4 members (excludes halogenated alkanes) is 1. The molecular weight excluding hydrogens is 276 g/mol. The first-order valence-electron chi connectivity index (χ1n) is 7.99. The fourth-order valence-electron chi connectivity index (χ4n) is 2.25. The largest absolute Gasteiger partial charge is 0.312 e. The van der Waals surface area contributed by atoms with Crippen molar-refractivity contribution in [2.75, 3.05) is 6.54 Å². The van der Waals surface area contributed by atoms with Gasteiger partial charge in [0.2, 0.25) is 0 Å². The van der Waals surface area contributed by atoms with Crippen LogP contribution in [0.15, 0.2) is 35.3 Å². The van der Waals surface area contributed by atoms with Gasteiger partial charge in [-0.15, -0.1) is 0 Å². The third kappa shape index (κ3) is 4.24. The van der Waals surface area contributed by atoms with E-state index in [-0.39, 0.29) is 5.56 Å². The molecule has 118 valence electrons. The van der Waals surface area contributed by atoms with E-state index < -0.39 is 0 Å². The van der Waals surface area contributed by atoms with Crippen LogP contribution in [0.5, 0.6) is 0 Å². The lowest BCUT2D eigenvalue weighted by Gasteiger charge is -2.10. The Morgan fingerprint density at radius 3 is 2.73 bits per heavy atom. The number of nitrogens with one attached hydrogen (secondary N) is 1. The first kappa shape index (κ1) is 16.4. The maximum atomic E-state index is 12.4. The van der Waals surface area contributed by atoms with E-state index in [4.69, 9.17) is 0 Å². The molecule has 0 fully saturated rings. The summed E-state index contributed by atoms with van der Waals surface area (Å²) < 4.78 is 1.56. The molecule has 0 saturated heterocycles. The quantitative estimate of drug-likeness (QED) is 0.761. The summed E-state index contributed by atoms with van der Waals surface area (Å²) >= 11 is 0. The van der Waals surface area contributed by atoms with Crippen LogP contribution < -0.4 is 10.9 Å². The van der Waals surface area contributed by atoms with Gasteiger partial charge in [0.1, 0.15) is 5.69 Å². The smallest absolute Gasteiger partial charge is 0.271 e. The molecule has 22 heavy (non-hydrogen) atoms. The average Bonchev–Trinajstić information content (AvgIpc) is 2.55. The molecule has 5 nitrogen and oxygen atoms in total. The number of nitrogens with zero attached hydrogens (tertiary/aromatic N) is 3. The Morgan fingerprint density at radius 2 is 2.05 bits per heavy atom. The van der Waals surface area contributed by atoms with Gasteiger partial charge in [-0.1, -0.05) is 26.3 Å². The topological polar surface area (TPSA) is 59.8 Å². The summed E-state index contributed by atoms with van der Waals surface area (Å²) in [5, 5.41) is 7.78. The van der Waals surface area contributed by atoms with Crippen LogP contribution in [0, 0.1) is 0 Å². The molecule has 0 spiro atoms. The molecule has 2 heterocycles. The van der Waals surface area contributed by atoms with Gasteiger partial charge in [0.05, 0.1) is 5.69 Å². The Labute approximate surface area is 131 Å². The Morgan fingerprint density at radius 1 is 1.18 bits per heavy atom. The third-order valence-electron chi connectivity index (χ3n) is 3.43. The summed E-state index contributed by atoms with van der Waals surface area (Å²) in [4.78, 5) is 16.8. The summed E-state index contributed by atoms with van der Waals surface area (Å²) in [7, 11) is 0. The van der Waals surface area contributed by atoms with Crippen LogP contribution >= 0.6 is 0 Å². The van der Waals surface area contributed by atoms with Crippen LogP contribution in [0.4, 0.5) is 0 Å². The average molecular weight is 300 g/mol. The van der Waals surface area contributed by atoms with Crippen molar-refractivity contribution in [3.05, 3.63) is 46.4 Å². The lowest BCUT2D eigenvalue weighted by molar-refractivity contribution is 0.555. The van der Waals surface area contributed by atoms with Crippen LogP contribution in [0.25, 0.3) is 11.4 Å². The second-order valence-electron chi connectivity index (χ2n) is 5.33. The molecule has 0 aliphatic rings. The fourth-order valence-corrected chi connectivity index (χ4v) is 2.25. The minimum absolute atomic E-state index is 0.00877. The highest BCUT2D eigenvalue weighted by atomic mass is 16.1. The van der Waals surface area contributed by atoms with Gasteiger partial charge in [-0.05, 0) is 37.6 Å². The van der Waals surface area contributed by atoms with Gasteiger partial charge in [-0.3, -0.25) is 9.78 Å². The standard InChI is InChI=1S/C17H24N4O/c1-3-5-9-18-13-14-12-16(15-8-6-7-10-19-15)20-21(11-4-2)17(14)22/h6-8,10,12,18H,3-5,9,11,13H2,1-2H3. The van der Waals surface area contributed by atoms with Gasteiger partial charge in [-0.25, -0.2) is 4.68 Å². The first-order chi connectivity index (χ1) is 10.8. The van der Waals surface area contributed by atoms with E-state index in [0.717, 1.165) is 42.8 Å². The van der Waals surface area contributed by atoms with Crippen LogP contribution in [-0.4, -0.2) is 21.3 Å². The molecule has 0 unspecified atom stereocenters. The van der Waals surface area contributed by atoms with Crippen molar-refractivity contribution in [1.82, 2.24) is 20.1 Å². The molecule has 0 aromatic carbocycles. The minimum Gasteiger partial charge on any atom is -0.312 e. The monoisotopic (exact) mass is 300 g/mol. The van der Waals surface area contributed by atoms with E-state index in [1.54, 1.807) is 10.9 Å². The number of hydrogen-bond acceptors (Lipinski definition) is 4. The Bertz CT molecular complexity index is 637. The lowest BCUT2D eigenvalue weighted by atomic mass is 10.2. The molecule has 5 heteroatoms. The summed E-state index contributed by atoms with van der Waals surface area (Å²) in [5.41, 5.74) is 2.29. The molecule has 0 aliphatic carbocycles. The van der Waals surface area contributed by atoms with E-state index in [1.807, 2.05) is 31.2 Å². The lowest BCUT2D eigenvalue weighted by Crippen LogP contribution is -2.30. The van der Waals surface area contributed by atoms with Gasteiger partial charge in [0.25, 0.3) is 5.56 Å². The van der Waals surface area contributed by atoms with Crippen molar-refractivity contribution >= 4 is 0 Å². The number of hydrogen-bond donors (Lipinski definition) is 1. The zero-order valence-corrected chi connectivity index (χ0v) is 13.4. The number of aryl methyl sites for hydroxylation is 1. The van der Waals surface area contributed by atoms with Crippen molar-refractivity contribution in [2.24, 2.45) is 0 Å². The molecule has 0 bridgehead atoms. The van der Waals surface area contributed by atoms with Gasteiger partial charge < -0.3 is 5.32 Å². The molecule has 0 amide bonds. The second kappa shape index (κ2) is 8.44. The summed E-state index contributed by atoms with van der Waals surface area (Å²) in [6.07, 6.45) is 4.87. The number of pyridine rings is 1. The van der Waals surface area contributed by atoms with Crippen LogP contribution in [0.2, 0.25) is 0 Å². The van der Waals surface area contributed by atoms with Gasteiger partial charge in [0.15, 0.2) is 0 Å². The molecule has 2 rings (SSSR count). The minimum atomic E-state index is -0.00877. The maximum absolute atomic E-state index is 12.4. The highest BCUT2D eigenvalue weighted by Gasteiger charge is 2.10. The summed E-state index contributed by atoms with van der Waals surface area (Å²) in [6, 6.07) is 7.57. The highest BCUT2D eigenvalue weighted by Crippen LogP contribution is 2.13. The molecule has 0 radical (unpaired) electrons. The third-order valence-corrected chi connectivity index (χ3v) is 3.43. The Balaban J connectivity index is 2.31. The maximum Gasteiger partial charge on any atom is 0.271 e. The zero-order valence-electron chi connectivity index (χ0n) is 13.4. The first-order valence-corrected chi connectivity index (χ1v) is 7.99. The van der Waals surface area contributed by atoms with E-state index >= 15 is 0 Å². The normalized spacial score (nSPS) is 10.8. The zero-order chi connectivity index (χ0) is 15.8. The van der Waals surface area contributed by atoms with Crippen molar-refractivity contribution in [1.29, 1.82) is 0 Å². The Hall–Kier alpha value is -2.01. The molecule has 1 N–H and O–H groups in total. The van der Waals surface area contributed by atoms with E-state index in [2.05, 4.69) is 22.3 Å². The van der Waals surface area contributed by atoms with Crippen LogP contribution in [-0.2, 0) is 13.1 Å². The highest BCUT2D eigenvalue weighted by molar-refractivity contribution is 5.53. The second-order valence-corrected chi connectivity index (χ2v) is 5.33. The van der Waals surface area contributed by atoms with E-state index in [9.17, 15) is 4.79 Å². The molecule has 0 atom stereocenters. The van der Waals surface area contributed by atoms with E-state index in [0.29, 0.717) is 13.1 Å². The van der Waals surface area contributed by atoms with Gasteiger partial charge >= 0.3 is 0 Å². The summed E-state index contributed by atoms with van der Waals surface area (Å²) in [5.74, 6) is 0. The van der Waals surface area contributed by atoms with Gasteiger partial charge in [-0.2, -0.15) is 5.10 Å². The molecule has 0 saturated carbocycles. The summed E-state index contributed by atoms with van der Waals surface area (Å²) in [6.45, 7) is 6.32. The SMILES string of the molecule is CCCCNCc1cc(-c2ccccn2)nn(CCC)c1=O. The van der Waals surface area contributed by atoms with Crippen molar-refractivity contribution < 1.29 is 0 Å². The van der Waals surface area contributed by atoms with Crippen molar-refractivity contribution in [3.8, 4) is 11.4 Å². The van der Waals surface area contributed by atoms with Crippen LogP contribution in [0.1, 0.15) is 38.7 Å². The van der Waals surface area contributed by atoms with E-state index in [1.165, 1.54) is 0 Å². The Kier molecular flexibility index (Phi) is 6.27. The fraction of sp³-hybridized carbons (Fsp3) is 0.471. The molecular formula is C17H24N4O. The number of aromatic nitrogens is 3. The molecule has 0 aliphatic heterocycles. The van der Waals surface area contributed by atoms with Crippen LogP contribution in [0.3, 0.4) is 0 Å². The molecule has 2 aromatic heterocycles. The molecule has 2 aromatic rings. The van der Waals surface area contributed by atoms with Crippen molar-refractivity contribution in [2.45, 2.75) is 46.2 Å². The van der Waals surface area contributed by atoms with Gasteiger partial charge in [0, 0.05) is 24.8 Å². The predicted molar refractivity (Wildman–Crippen MR) is 88.6 cm³/mol. The number of rotatable bonds is 8.